The predicted octanol–water partition coefficient (Wildman–Crippen LogP) is 0.653. The third-order valence-corrected chi connectivity index (χ3v) is 3.08. The molecule has 94 valence electrons. The number of carbonyl (C=O) groups is 1. The van der Waals surface area contributed by atoms with Crippen molar-refractivity contribution in [2.45, 2.75) is 45.6 Å². The SMILES string of the molecule is CC(C)NC(=O)CCNCC1(CCO)CC1. The van der Waals surface area contributed by atoms with Crippen LogP contribution in [0.15, 0.2) is 0 Å². The highest BCUT2D eigenvalue weighted by Gasteiger charge is 2.41. The van der Waals surface area contributed by atoms with Gasteiger partial charge >= 0.3 is 0 Å². The monoisotopic (exact) mass is 228 g/mol. The summed E-state index contributed by atoms with van der Waals surface area (Å²) in [5.41, 5.74) is 0.337. The second kappa shape index (κ2) is 6.21. The Morgan fingerprint density at radius 3 is 2.62 bits per heavy atom. The number of nitrogens with one attached hydrogen (secondary N) is 2. The number of rotatable bonds is 8. The molecule has 1 rings (SSSR count). The van der Waals surface area contributed by atoms with E-state index in [1.165, 1.54) is 12.8 Å². The summed E-state index contributed by atoms with van der Waals surface area (Å²) >= 11 is 0. The molecule has 0 atom stereocenters. The van der Waals surface area contributed by atoms with Crippen molar-refractivity contribution < 1.29 is 9.90 Å². The van der Waals surface area contributed by atoms with Gasteiger partial charge in [0.25, 0.3) is 0 Å². The van der Waals surface area contributed by atoms with Crippen LogP contribution in [0.1, 0.15) is 39.5 Å². The van der Waals surface area contributed by atoms with Gasteiger partial charge in [0.1, 0.15) is 0 Å². The first-order valence-electron chi connectivity index (χ1n) is 6.19. The summed E-state index contributed by atoms with van der Waals surface area (Å²) in [4.78, 5) is 11.3. The number of hydrogen-bond acceptors (Lipinski definition) is 3. The molecule has 1 saturated carbocycles. The van der Waals surface area contributed by atoms with E-state index < -0.39 is 0 Å². The summed E-state index contributed by atoms with van der Waals surface area (Å²) in [6.07, 6.45) is 3.84. The quantitative estimate of drug-likeness (QED) is 0.535. The number of aliphatic hydroxyl groups is 1. The molecular formula is C12H24N2O2. The van der Waals surface area contributed by atoms with E-state index in [0.717, 1.165) is 19.5 Å². The molecule has 4 heteroatoms. The third kappa shape index (κ3) is 4.94. The molecule has 0 unspecified atom stereocenters. The molecule has 0 heterocycles. The molecule has 4 nitrogen and oxygen atoms in total. The van der Waals surface area contributed by atoms with E-state index in [2.05, 4.69) is 10.6 Å². The number of amides is 1. The molecule has 0 aromatic heterocycles. The maximum absolute atomic E-state index is 11.3. The van der Waals surface area contributed by atoms with Gasteiger partial charge in [-0.05, 0) is 38.5 Å². The van der Waals surface area contributed by atoms with E-state index in [1.807, 2.05) is 13.8 Å². The van der Waals surface area contributed by atoms with Gasteiger partial charge in [0, 0.05) is 32.2 Å². The first-order valence-corrected chi connectivity index (χ1v) is 6.19. The van der Waals surface area contributed by atoms with Crippen LogP contribution < -0.4 is 10.6 Å². The van der Waals surface area contributed by atoms with Crippen LogP contribution in [0.25, 0.3) is 0 Å². The second-order valence-corrected chi connectivity index (χ2v) is 5.12. The van der Waals surface area contributed by atoms with Gasteiger partial charge in [0.15, 0.2) is 0 Å². The van der Waals surface area contributed by atoms with E-state index in [-0.39, 0.29) is 18.6 Å². The van der Waals surface area contributed by atoms with Crippen LogP contribution >= 0.6 is 0 Å². The highest BCUT2D eigenvalue weighted by Crippen LogP contribution is 2.47. The van der Waals surface area contributed by atoms with Gasteiger partial charge in [0.2, 0.25) is 5.91 Å². The van der Waals surface area contributed by atoms with Crippen LogP contribution in [0.5, 0.6) is 0 Å². The fourth-order valence-electron chi connectivity index (χ4n) is 1.88. The Kier molecular flexibility index (Phi) is 5.22. The van der Waals surface area contributed by atoms with Crippen molar-refractivity contribution in [1.82, 2.24) is 10.6 Å². The molecular weight excluding hydrogens is 204 g/mol. The Morgan fingerprint density at radius 1 is 1.44 bits per heavy atom. The highest BCUT2D eigenvalue weighted by atomic mass is 16.3. The summed E-state index contributed by atoms with van der Waals surface area (Å²) in [6.45, 7) is 5.86. The summed E-state index contributed by atoms with van der Waals surface area (Å²) < 4.78 is 0. The highest BCUT2D eigenvalue weighted by molar-refractivity contribution is 5.76. The first kappa shape index (κ1) is 13.5. The lowest BCUT2D eigenvalue weighted by atomic mass is 10.0. The van der Waals surface area contributed by atoms with E-state index in [1.54, 1.807) is 0 Å². The second-order valence-electron chi connectivity index (χ2n) is 5.12. The Morgan fingerprint density at radius 2 is 2.12 bits per heavy atom. The summed E-state index contributed by atoms with van der Waals surface area (Å²) in [7, 11) is 0. The van der Waals surface area contributed by atoms with E-state index in [0.29, 0.717) is 11.8 Å². The van der Waals surface area contributed by atoms with Gasteiger partial charge in [-0.25, -0.2) is 0 Å². The van der Waals surface area contributed by atoms with E-state index in [9.17, 15) is 4.79 Å². The zero-order valence-electron chi connectivity index (χ0n) is 10.4. The lowest BCUT2D eigenvalue weighted by Gasteiger charge is -2.14. The summed E-state index contributed by atoms with van der Waals surface area (Å²) in [5, 5.41) is 15.1. The molecule has 3 N–H and O–H groups in total. The topological polar surface area (TPSA) is 61.4 Å². The Bertz CT molecular complexity index is 225. The Balaban J connectivity index is 2.01. The van der Waals surface area contributed by atoms with E-state index >= 15 is 0 Å². The Labute approximate surface area is 97.8 Å². The molecule has 0 bridgehead atoms. The van der Waals surface area contributed by atoms with E-state index in [4.69, 9.17) is 5.11 Å². The smallest absolute Gasteiger partial charge is 0.221 e. The maximum atomic E-state index is 11.3. The molecule has 0 aromatic carbocycles. The minimum Gasteiger partial charge on any atom is -0.396 e. The lowest BCUT2D eigenvalue weighted by Crippen LogP contribution is -2.34. The molecule has 0 spiro atoms. The minimum absolute atomic E-state index is 0.106. The lowest BCUT2D eigenvalue weighted by molar-refractivity contribution is -0.121. The molecule has 0 aliphatic heterocycles. The molecule has 1 aliphatic rings. The summed E-state index contributed by atoms with van der Waals surface area (Å²) in [6, 6.07) is 0.219. The van der Waals surface area contributed by atoms with Crippen LogP contribution in [0.2, 0.25) is 0 Å². The van der Waals surface area contributed by atoms with Gasteiger partial charge in [-0.1, -0.05) is 0 Å². The fraction of sp³-hybridized carbons (Fsp3) is 0.917. The third-order valence-electron chi connectivity index (χ3n) is 3.08. The van der Waals surface area contributed by atoms with Crippen molar-refractivity contribution in [2.75, 3.05) is 19.7 Å². The van der Waals surface area contributed by atoms with Crippen LogP contribution in [0, 0.1) is 5.41 Å². The average molecular weight is 228 g/mol. The van der Waals surface area contributed by atoms with Gasteiger partial charge in [-0.3, -0.25) is 4.79 Å². The normalized spacial score (nSPS) is 17.5. The van der Waals surface area contributed by atoms with Crippen molar-refractivity contribution in [1.29, 1.82) is 0 Å². The summed E-state index contributed by atoms with van der Waals surface area (Å²) in [5.74, 6) is 0.106. The van der Waals surface area contributed by atoms with Crippen molar-refractivity contribution >= 4 is 5.91 Å². The zero-order valence-corrected chi connectivity index (χ0v) is 10.4. The van der Waals surface area contributed by atoms with Crippen molar-refractivity contribution in [2.24, 2.45) is 5.41 Å². The van der Waals surface area contributed by atoms with Gasteiger partial charge in [-0.15, -0.1) is 0 Å². The van der Waals surface area contributed by atoms with Crippen LogP contribution in [-0.4, -0.2) is 36.8 Å². The van der Waals surface area contributed by atoms with Crippen LogP contribution in [0.4, 0.5) is 0 Å². The predicted molar refractivity (Wildman–Crippen MR) is 64.1 cm³/mol. The van der Waals surface area contributed by atoms with Gasteiger partial charge < -0.3 is 15.7 Å². The van der Waals surface area contributed by atoms with Gasteiger partial charge in [0.05, 0.1) is 0 Å². The molecule has 0 saturated heterocycles. The van der Waals surface area contributed by atoms with Gasteiger partial charge in [-0.2, -0.15) is 0 Å². The molecule has 0 radical (unpaired) electrons. The van der Waals surface area contributed by atoms with Crippen LogP contribution in [-0.2, 0) is 4.79 Å². The average Bonchev–Trinajstić information content (AvgIpc) is 2.93. The Hall–Kier alpha value is -0.610. The maximum Gasteiger partial charge on any atom is 0.221 e. The van der Waals surface area contributed by atoms with Crippen molar-refractivity contribution in [3.05, 3.63) is 0 Å². The molecule has 0 aromatic rings. The standard InChI is InChI=1S/C12H24N2O2/c1-10(2)14-11(16)3-7-13-9-12(4-5-12)6-8-15/h10,13,15H,3-9H2,1-2H3,(H,14,16). The van der Waals surface area contributed by atoms with Crippen LogP contribution in [0.3, 0.4) is 0 Å². The van der Waals surface area contributed by atoms with Crippen molar-refractivity contribution in [3.8, 4) is 0 Å². The zero-order chi connectivity index (χ0) is 12.0. The molecule has 1 aliphatic carbocycles. The minimum atomic E-state index is 0.106. The molecule has 1 fully saturated rings. The first-order chi connectivity index (χ1) is 7.58. The fourth-order valence-corrected chi connectivity index (χ4v) is 1.88. The molecule has 16 heavy (non-hydrogen) atoms. The number of aliphatic hydroxyl groups excluding tert-OH is 1. The number of carbonyl (C=O) groups excluding carboxylic acids is 1. The largest absolute Gasteiger partial charge is 0.396 e. The van der Waals surface area contributed by atoms with Crippen molar-refractivity contribution in [3.63, 3.8) is 0 Å². The number of hydrogen-bond donors (Lipinski definition) is 3. The molecule has 1 amide bonds.